The van der Waals surface area contributed by atoms with Gasteiger partial charge in [-0.25, -0.2) is 0 Å². The molecule has 0 radical (unpaired) electrons. The van der Waals surface area contributed by atoms with Crippen LogP contribution in [-0.2, 0) is 11.3 Å². The van der Waals surface area contributed by atoms with Gasteiger partial charge in [-0.2, -0.15) is 0 Å². The van der Waals surface area contributed by atoms with E-state index in [1.807, 2.05) is 54.0 Å². The topological polar surface area (TPSA) is 88.9 Å². The summed E-state index contributed by atoms with van der Waals surface area (Å²) < 4.78 is 1.84. The third-order valence-electron chi connectivity index (χ3n) is 5.29. The number of halogens is 1. The zero-order valence-electron chi connectivity index (χ0n) is 19.1. The molecule has 2 N–H and O–H groups in total. The molecule has 0 aliphatic carbocycles. The molecule has 0 saturated carbocycles. The van der Waals surface area contributed by atoms with E-state index in [-0.39, 0.29) is 17.6 Å². The molecule has 9 heteroatoms. The lowest BCUT2D eigenvalue weighted by atomic mass is 10.1. The van der Waals surface area contributed by atoms with Crippen LogP contribution in [0, 0.1) is 0 Å². The van der Waals surface area contributed by atoms with Crippen molar-refractivity contribution in [3.05, 3.63) is 95.8 Å². The molecular formula is C26H24ClN5O2S. The number of carbonyl (C=O) groups is 2. The number of fused-ring (bicyclic) bond motifs is 1. The number of benzene rings is 3. The van der Waals surface area contributed by atoms with Crippen molar-refractivity contribution < 1.29 is 9.59 Å². The van der Waals surface area contributed by atoms with E-state index in [9.17, 15) is 9.59 Å². The van der Waals surface area contributed by atoms with E-state index in [2.05, 4.69) is 27.4 Å². The standard InChI is InChI=1S/C26H24ClN5O2S/c1-3-15-32-24(17(2)28-25(34)19-11-13-20(27)14-12-19)30-31-26(32)35-16-23(33)29-22-10-6-8-18-7-4-5-9-21(18)22/h3-14,17H,1,15-16H2,2H3,(H,28,34)(H,29,33)/t17-/m1/s1. The average Bonchev–Trinajstić information content (AvgIpc) is 3.26. The second-order valence-corrected chi connectivity index (χ2v) is 9.18. The number of rotatable bonds is 9. The highest BCUT2D eigenvalue weighted by molar-refractivity contribution is 7.99. The van der Waals surface area contributed by atoms with E-state index in [0.29, 0.717) is 28.1 Å². The minimum absolute atomic E-state index is 0.148. The summed E-state index contributed by atoms with van der Waals surface area (Å²) >= 11 is 7.18. The number of thioether (sulfide) groups is 1. The molecule has 0 bridgehead atoms. The molecule has 4 rings (SSSR count). The highest BCUT2D eigenvalue weighted by atomic mass is 35.5. The Balaban J connectivity index is 1.43. The highest BCUT2D eigenvalue weighted by Crippen LogP contribution is 2.25. The fraction of sp³-hybridized carbons (Fsp3) is 0.154. The van der Waals surface area contributed by atoms with Crippen LogP contribution in [0.1, 0.15) is 29.1 Å². The van der Waals surface area contributed by atoms with Crippen LogP contribution < -0.4 is 10.6 Å². The summed E-state index contributed by atoms with van der Waals surface area (Å²) in [5.41, 5.74) is 1.26. The van der Waals surface area contributed by atoms with Crippen molar-refractivity contribution in [2.24, 2.45) is 0 Å². The first-order valence-corrected chi connectivity index (χ1v) is 12.3. The Morgan fingerprint density at radius 2 is 1.83 bits per heavy atom. The molecule has 3 aromatic carbocycles. The van der Waals surface area contributed by atoms with Crippen molar-refractivity contribution >= 4 is 51.6 Å². The number of nitrogens with zero attached hydrogens (tertiary/aromatic N) is 3. The Bertz CT molecular complexity index is 1360. The smallest absolute Gasteiger partial charge is 0.251 e. The zero-order valence-corrected chi connectivity index (χ0v) is 20.6. The SMILES string of the molecule is C=CCn1c(SCC(=O)Nc2cccc3ccccc23)nnc1[C@@H](C)NC(=O)c1ccc(Cl)cc1. The quantitative estimate of drug-likeness (QED) is 0.232. The second-order valence-electron chi connectivity index (χ2n) is 7.81. The Hall–Kier alpha value is -3.62. The number of carbonyl (C=O) groups excluding carboxylic acids is 2. The maximum Gasteiger partial charge on any atom is 0.251 e. The molecule has 0 saturated heterocycles. The summed E-state index contributed by atoms with van der Waals surface area (Å²) in [4.78, 5) is 25.3. The first-order valence-electron chi connectivity index (χ1n) is 11.0. The van der Waals surface area contributed by atoms with Gasteiger partial charge in [0.1, 0.15) is 0 Å². The predicted molar refractivity (Wildman–Crippen MR) is 141 cm³/mol. The maximum atomic E-state index is 12.7. The number of aromatic nitrogens is 3. The normalized spacial score (nSPS) is 11.7. The summed E-state index contributed by atoms with van der Waals surface area (Å²) in [5.74, 6) is 0.338. The Morgan fingerprint density at radius 3 is 2.60 bits per heavy atom. The van der Waals surface area contributed by atoms with Crippen LogP contribution in [0.4, 0.5) is 5.69 Å². The van der Waals surface area contributed by atoms with Gasteiger partial charge in [-0.05, 0) is 42.6 Å². The van der Waals surface area contributed by atoms with Crippen molar-refractivity contribution in [2.45, 2.75) is 24.7 Å². The van der Waals surface area contributed by atoms with Gasteiger partial charge < -0.3 is 15.2 Å². The number of anilines is 1. The fourth-order valence-electron chi connectivity index (χ4n) is 3.62. The van der Waals surface area contributed by atoms with Gasteiger partial charge in [0.15, 0.2) is 11.0 Å². The molecule has 4 aromatic rings. The third kappa shape index (κ3) is 5.90. The van der Waals surface area contributed by atoms with Gasteiger partial charge in [0.2, 0.25) is 5.91 Å². The van der Waals surface area contributed by atoms with Gasteiger partial charge in [-0.1, -0.05) is 65.8 Å². The molecule has 0 aliphatic rings. The van der Waals surface area contributed by atoms with E-state index >= 15 is 0 Å². The van der Waals surface area contributed by atoms with Gasteiger partial charge in [0, 0.05) is 28.2 Å². The van der Waals surface area contributed by atoms with E-state index in [0.717, 1.165) is 16.5 Å². The molecule has 2 amide bonds. The van der Waals surface area contributed by atoms with Crippen molar-refractivity contribution in [1.82, 2.24) is 20.1 Å². The lowest BCUT2D eigenvalue weighted by Gasteiger charge is -2.15. The van der Waals surface area contributed by atoms with Gasteiger partial charge in [-0.3, -0.25) is 9.59 Å². The number of nitrogens with one attached hydrogen (secondary N) is 2. The molecule has 0 aliphatic heterocycles. The largest absolute Gasteiger partial charge is 0.342 e. The number of amides is 2. The summed E-state index contributed by atoms with van der Waals surface area (Å²) in [6.45, 7) is 6.08. The highest BCUT2D eigenvalue weighted by Gasteiger charge is 2.20. The Labute approximate surface area is 212 Å². The molecule has 7 nitrogen and oxygen atoms in total. The van der Waals surface area contributed by atoms with Crippen molar-refractivity contribution in [1.29, 1.82) is 0 Å². The van der Waals surface area contributed by atoms with Crippen molar-refractivity contribution in [3.8, 4) is 0 Å². The van der Waals surface area contributed by atoms with E-state index in [1.165, 1.54) is 11.8 Å². The van der Waals surface area contributed by atoms with Crippen LogP contribution in [0.25, 0.3) is 10.8 Å². The van der Waals surface area contributed by atoms with Gasteiger partial charge in [-0.15, -0.1) is 16.8 Å². The molecule has 0 spiro atoms. The van der Waals surface area contributed by atoms with Crippen LogP contribution in [0.15, 0.2) is 84.5 Å². The molecule has 178 valence electrons. The third-order valence-corrected chi connectivity index (χ3v) is 6.51. The Morgan fingerprint density at radius 1 is 1.09 bits per heavy atom. The van der Waals surface area contributed by atoms with Crippen LogP contribution in [0.2, 0.25) is 5.02 Å². The molecule has 1 heterocycles. The van der Waals surface area contributed by atoms with Gasteiger partial charge in [0.05, 0.1) is 11.8 Å². The average molecular weight is 506 g/mol. The summed E-state index contributed by atoms with van der Waals surface area (Å²) in [5, 5.41) is 17.6. The second kappa shape index (κ2) is 11.2. The molecular weight excluding hydrogens is 482 g/mol. The molecule has 0 unspecified atom stereocenters. The number of hydrogen-bond acceptors (Lipinski definition) is 5. The fourth-order valence-corrected chi connectivity index (χ4v) is 4.51. The van der Waals surface area contributed by atoms with Crippen LogP contribution in [0.5, 0.6) is 0 Å². The van der Waals surface area contributed by atoms with Crippen LogP contribution in [-0.4, -0.2) is 32.3 Å². The minimum atomic E-state index is -0.413. The molecule has 1 aromatic heterocycles. The summed E-state index contributed by atoms with van der Waals surface area (Å²) in [6.07, 6.45) is 1.72. The minimum Gasteiger partial charge on any atom is -0.342 e. The molecule has 1 atom stereocenters. The summed E-state index contributed by atoms with van der Waals surface area (Å²) in [6, 6.07) is 19.9. The first-order chi connectivity index (χ1) is 17.0. The molecule has 35 heavy (non-hydrogen) atoms. The van der Waals surface area contributed by atoms with E-state index in [1.54, 1.807) is 30.3 Å². The number of hydrogen-bond donors (Lipinski definition) is 2. The lowest BCUT2D eigenvalue weighted by molar-refractivity contribution is -0.113. The van der Waals surface area contributed by atoms with Crippen molar-refractivity contribution in [2.75, 3.05) is 11.1 Å². The monoisotopic (exact) mass is 505 g/mol. The Kier molecular flexibility index (Phi) is 7.84. The zero-order chi connectivity index (χ0) is 24.8. The van der Waals surface area contributed by atoms with E-state index in [4.69, 9.17) is 11.6 Å². The van der Waals surface area contributed by atoms with E-state index < -0.39 is 6.04 Å². The predicted octanol–water partition coefficient (Wildman–Crippen LogP) is 5.49. The molecule has 0 fully saturated rings. The van der Waals surface area contributed by atoms with Crippen LogP contribution >= 0.6 is 23.4 Å². The first kappa shape index (κ1) is 24.5. The van der Waals surface area contributed by atoms with Crippen molar-refractivity contribution in [3.63, 3.8) is 0 Å². The number of allylic oxidation sites excluding steroid dienone is 1. The van der Waals surface area contributed by atoms with Crippen LogP contribution in [0.3, 0.4) is 0 Å². The lowest BCUT2D eigenvalue weighted by Crippen LogP contribution is -2.28. The summed E-state index contributed by atoms with van der Waals surface area (Å²) in [7, 11) is 0. The van der Waals surface area contributed by atoms with Gasteiger partial charge in [0.25, 0.3) is 5.91 Å². The van der Waals surface area contributed by atoms with Gasteiger partial charge >= 0.3 is 0 Å². The maximum absolute atomic E-state index is 12.7.